The summed E-state index contributed by atoms with van der Waals surface area (Å²) in [5, 5.41) is 5.44. The summed E-state index contributed by atoms with van der Waals surface area (Å²) in [6.07, 6.45) is 1.27. The molecule has 3 aromatic carbocycles. The maximum atomic E-state index is 13.1. The standard InChI is InChI=1S/C24H25ClN2O4S/c1-31-23-12-11-20(14-22(23)25)32(29,30)27-13-5-9-19(16-27)24(28)26-15-18-8-4-7-17-6-2-3-10-21(17)18/h2-4,6-8,10-12,14,19H,5,9,13,15-16H2,1H3,(H,26,28). The lowest BCUT2D eigenvalue weighted by Gasteiger charge is -2.31. The van der Waals surface area contributed by atoms with Crippen molar-refractivity contribution < 1.29 is 17.9 Å². The first-order valence-corrected chi connectivity index (χ1v) is 12.3. The van der Waals surface area contributed by atoms with E-state index >= 15 is 0 Å². The van der Waals surface area contributed by atoms with E-state index in [1.54, 1.807) is 0 Å². The molecule has 1 unspecified atom stereocenters. The summed E-state index contributed by atoms with van der Waals surface area (Å²) < 4.78 is 32.7. The first-order chi connectivity index (χ1) is 15.4. The zero-order chi connectivity index (χ0) is 22.7. The predicted octanol–water partition coefficient (Wildman–Crippen LogP) is 4.22. The minimum absolute atomic E-state index is 0.0973. The van der Waals surface area contributed by atoms with E-state index in [1.165, 1.54) is 29.6 Å². The number of methoxy groups -OCH3 is 1. The Morgan fingerprint density at radius 2 is 1.94 bits per heavy atom. The summed E-state index contributed by atoms with van der Waals surface area (Å²) in [6.45, 7) is 0.921. The number of hydrogen-bond donors (Lipinski definition) is 1. The van der Waals surface area contributed by atoms with E-state index < -0.39 is 15.9 Å². The smallest absolute Gasteiger partial charge is 0.243 e. The average Bonchev–Trinajstić information content (AvgIpc) is 2.82. The number of rotatable bonds is 6. The topological polar surface area (TPSA) is 75.7 Å². The van der Waals surface area contributed by atoms with Crippen molar-refractivity contribution >= 4 is 38.3 Å². The van der Waals surface area contributed by atoms with Crippen LogP contribution in [0.25, 0.3) is 10.8 Å². The van der Waals surface area contributed by atoms with Gasteiger partial charge in [-0.25, -0.2) is 8.42 Å². The second kappa shape index (κ2) is 9.48. The van der Waals surface area contributed by atoms with E-state index in [4.69, 9.17) is 16.3 Å². The van der Waals surface area contributed by atoms with Crippen LogP contribution in [0.5, 0.6) is 5.75 Å². The van der Waals surface area contributed by atoms with Crippen LogP contribution >= 0.6 is 11.6 Å². The highest BCUT2D eigenvalue weighted by Gasteiger charge is 2.33. The summed E-state index contributed by atoms with van der Waals surface area (Å²) in [5.74, 6) is -0.122. The van der Waals surface area contributed by atoms with Gasteiger partial charge in [0.25, 0.3) is 0 Å². The third-order valence-corrected chi connectivity index (χ3v) is 8.01. The maximum absolute atomic E-state index is 13.1. The highest BCUT2D eigenvalue weighted by Crippen LogP contribution is 2.30. The van der Waals surface area contributed by atoms with E-state index in [0.29, 0.717) is 31.7 Å². The molecular weight excluding hydrogens is 448 g/mol. The number of nitrogens with zero attached hydrogens (tertiary/aromatic N) is 1. The van der Waals surface area contributed by atoms with E-state index in [9.17, 15) is 13.2 Å². The zero-order valence-corrected chi connectivity index (χ0v) is 19.3. The normalized spacial score (nSPS) is 17.2. The number of nitrogens with one attached hydrogen (secondary N) is 1. The minimum Gasteiger partial charge on any atom is -0.495 e. The third kappa shape index (κ3) is 4.60. The molecule has 1 aliphatic heterocycles. The van der Waals surface area contributed by atoms with E-state index in [2.05, 4.69) is 5.32 Å². The van der Waals surface area contributed by atoms with Crippen molar-refractivity contribution in [3.63, 3.8) is 0 Å². The number of sulfonamides is 1. The van der Waals surface area contributed by atoms with Crippen LogP contribution in [0.2, 0.25) is 5.02 Å². The highest BCUT2D eigenvalue weighted by molar-refractivity contribution is 7.89. The van der Waals surface area contributed by atoms with E-state index in [1.807, 2.05) is 42.5 Å². The molecule has 8 heteroatoms. The van der Waals surface area contributed by atoms with Gasteiger partial charge in [-0.1, -0.05) is 54.1 Å². The van der Waals surface area contributed by atoms with Gasteiger partial charge in [-0.2, -0.15) is 4.31 Å². The molecular formula is C24H25ClN2O4S. The molecule has 0 aromatic heterocycles. The lowest BCUT2D eigenvalue weighted by Crippen LogP contribution is -2.45. The van der Waals surface area contributed by atoms with Crippen molar-refractivity contribution in [1.82, 2.24) is 9.62 Å². The Labute approximate surface area is 193 Å². The summed E-state index contributed by atoms with van der Waals surface area (Å²) in [5.41, 5.74) is 1.03. The number of hydrogen-bond acceptors (Lipinski definition) is 4. The highest BCUT2D eigenvalue weighted by atomic mass is 35.5. The van der Waals surface area contributed by atoms with Gasteiger partial charge in [-0.15, -0.1) is 0 Å². The number of carbonyl (C=O) groups excluding carboxylic acids is 1. The molecule has 1 aliphatic rings. The van der Waals surface area contributed by atoms with Crippen LogP contribution in [-0.2, 0) is 21.4 Å². The fraction of sp³-hybridized carbons (Fsp3) is 0.292. The van der Waals surface area contributed by atoms with Gasteiger partial charge in [-0.05, 0) is 47.4 Å². The average molecular weight is 473 g/mol. The van der Waals surface area contributed by atoms with Crippen LogP contribution in [-0.4, -0.2) is 38.8 Å². The quantitative estimate of drug-likeness (QED) is 0.582. The monoisotopic (exact) mass is 472 g/mol. The summed E-state index contributed by atoms with van der Waals surface area (Å²) in [4.78, 5) is 13.0. The van der Waals surface area contributed by atoms with Gasteiger partial charge in [0.2, 0.25) is 15.9 Å². The minimum atomic E-state index is -3.76. The molecule has 1 amide bonds. The molecule has 3 aromatic rings. The Morgan fingerprint density at radius 1 is 1.16 bits per heavy atom. The molecule has 1 saturated heterocycles. The van der Waals surface area contributed by atoms with Gasteiger partial charge in [0, 0.05) is 19.6 Å². The largest absolute Gasteiger partial charge is 0.495 e. The van der Waals surface area contributed by atoms with Crippen LogP contribution in [0.4, 0.5) is 0 Å². The molecule has 1 N–H and O–H groups in total. The Kier molecular flexibility index (Phi) is 6.69. The number of piperidine rings is 1. The van der Waals surface area contributed by atoms with Gasteiger partial charge < -0.3 is 10.1 Å². The van der Waals surface area contributed by atoms with E-state index in [-0.39, 0.29) is 22.4 Å². The maximum Gasteiger partial charge on any atom is 0.243 e. The molecule has 0 aliphatic carbocycles. The molecule has 168 valence electrons. The lowest BCUT2D eigenvalue weighted by molar-refractivity contribution is -0.126. The van der Waals surface area contributed by atoms with Crippen molar-refractivity contribution in [1.29, 1.82) is 0 Å². The fourth-order valence-corrected chi connectivity index (χ4v) is 5.98. The van der Waals surface area contributed by atoms with Gasteiger partial charge in [-0.3, -0.25) is 4.79 Å². The molecule has 1 atom stereocenters. The van der Waals surface area contributed by atoms with Gasteiger partial charge in [0.15, 0.2) is 0 Å². The lowest BCUT2D eigenvalue weighted by atomic mass is 9.98. The third-order valence-electron chi connectivity index (χ3n) is 5.85. The number of ether oxygens (including phenoxy) is 1. The molecule has 0 radical (unpaired) electrons. The molecule has 1 fully saturated rings. The van der Waals surface area contributed by atoms with Crippen LogP contribution in [0.15, 0.2) is 65.6 Å². The van der Waals surface area contributed by atoms with Crippen LogP contribution < -0.4 is 10.1 Å². The molecule has 4 rings (SSSR count). The molecule has 0 saturated carbocycles. The number of carbonyl (C=O) groups is 1. The van der Waals surface area contributed by atoms with Crippen molar-refractivity contribution in [3.05, 3.63) is 71.2 Å². The number of fused-ring (bicyclic) bond motifs is 1. The number of amides is 1. The first kappa shape index (κ1) is 22.6. The molecule has 6 nitrogen and oxygen atoms in total. The summed E-state index contributed by atoms with van der Waals surface area (Å²) in [6, 6.07) is 18.4. The summed E-state index contributed by atoms with van der Waals surface area (Å²) in [7, 11) is -2.28. The molecule has 1 heterocycles. The van der Waals surface area contributed by atoms with Crippen LogP contribution in [0.1, 0.15) is 18.4 Å². The van der Waals surface area contributed by atoms with Gasteiger partial charge >= 0.3 is 0 Å². The Hall–Kier alpha value is -2.61. The van der Waals surface area contributed by atoms with Crippen LogP contribution in [0, 0.1) is 5.92 Å². The van der Waals surface area contributed by atoms with Crippen molar-refractivity contribution in [2.75, 3.05) is 20.2 Å². The van der Waals surface area contributed by atoms with Gasteiger partial charge in [0.05, 0.1) is 22.9 Å². The number of halogens is 1. The Balaban J connectivity index is 1.45. The van der Waals surface area contributed by atoms with Gasteiger partial charge in [0.1, 0.15) is 5.75 Å². The van der Waals surface area contributed by atoms with Crippen LogP contribution in [0.3, 0.4) is 0 Å². The Bertz CT molecular complexity index is 1240. The molecule has 0 spiro atoms. The predicted molar refractivity (Wildman–Crippen MR) is 125 cm³/mol. The zero-order valence-electron chi connectivity index (χ0n) is 17.8. The molecule has 0 bridgehead atoms. The Morgan fingerprint density at radius 3 is 2.72 bits per heavy atom. The second-order valence-corrected chi connectivity index (χ2v) is 10.2. The van der Waals surface area contributed by atoms with Crippen molar-refractivity contribution in [2.45, 2.75) is 24.3 Å². The fourth-order valence-electron chi connectivity index (χ4n) is 4.10. The van der Waals surface area contributed by atoms with E-state index in [0.717, 1.165) is 16.3 Å². The number of benzene rings is 3. The summed E-state index contributed by atoms with van der Waals surface area (Å²) >= 11 is 6.12. The molecule has 32 heavy (non-hydrogen) atoms. The van der Waals surface area contributed by atoms with Crippen molar-refractivity contribution in [2.24, 2.45) is 5.92 Å². The SMILES string of the molecule is COc1ccc(S(=O)(=O)N2CCCC(C(=O)NCc3cccc4ccccc34)C2)cc1Cl. The second-order valence-electron chi connectivity index (χ2n) is 7.85. The first-order valence-electron chi connectivity index (χ1n) is 10.5. The van der Waals surface area contributed by atoms with Crippen molar-refractivity contribution in [3.8, 4) is 5.75 Å².